The smallest absolute Gasteiger partial charge is 0.419 e. The average molecular weight is 295 g/mol. The Balaban J connectivity index is 2.79. The van der Waals surface area contributed by atoms with Gasteiger partial charge in [-0.3, -0.25) is 0 Å². The van der Waals surface area contributed by atoms with Crippen LogP contribution in [-0.4, -0.2) is 34.3 Å². The molecule has 0 heterocycles. The molecule has 1 aromatic carbocycles. The van der Waals surface area contributed by atoms with Gasteiger partial charge in [-0.05, 0) is 12.0 Å². The summed E-state index contributed by atoms with van der Waals surface area (Å²) in [6.07, 6.45) is -2.67. The third-order valence-corrected chi connectivity index (χ3v) is 2.58. The predicted octanol–water partition coefficient (Wildman–Crippen LogP) is 2.74. The Hall–Kier alpha value is -2.70. The van der Waals surface area contributed by atoms with E-state index in [0.29, 0.717) is 5.56 Å². The molecule has 0 fully saturated rings. The van der Waals surface area contributed by atoms with Crippen molar-refractivity contribution in [2.75, 3.05) is 0 Å². The zero-order valence-electron chi connectivity index (χ0n) is 11.1. The molecule has 112 valence electrons. The minimum atomic E-state index is -2.19. The molecule has 21 heavy (non-hydrogen) atoms. The zero-order valence-corrected chi connectivity index (χ0v) is 11.1. The Morgan fingerprint density at radius 2 is 1.95 bits per heavy atom. The summed E-state index contributed by atoms with van der Waals surface area (Å²) in [5.74, 6) is -1.53. The number of hydrogen-bond donors (Lipinski definition) is 1. The molecule has 1 atom stereocenters. The summed E-state index contributed by atoms with van der Waals surface area (Å²) >= 11 is 0. The molecule has 0 aromatic heterocycles. The molecule has 0 unspecified atom stereocenters. The number of carboxylic acids is 1. The van der Waals surface area contributed by atoms with Gasteiger partial charge >= 0.3 is 18.2 Å². The lowest BCUT2D eigenvalue weighted by atomic mass is 10.2. The van der Waals surface area contributed by atoms with Crippen LogP contribution < -0.4 is 0 Å². The van der Waals surface area contributed by atoms with Gasteiger partial charge in [-0.1, -0.05) is 36.4 Å². The van der Waals surface area contributed by atoms with Crippen LogP contribution in [-0.2, 0) is 16.1 Å². The van der Waals surface area contributed by atoms with Crippen molar-refractivity contribution in [1.82, 2.24) is 4.90 Å². The number of carbonyl (C=O) groups is 3. The van der Waals surface area contributed by atoms with Gasteiger partial charge in [-0.25, -0.2) is 19.3 Å². The van der Waals surface area contributed by atoms with E-state index in [0.717, 1.165) is 0 Å². The number of halogens is 1. The minimum Gasteiger partial charge on any atom is -0.480 e. The second-order valence-corrected chi connectivity index (χ2v) is 4.04. The van der Waals surface area contributed by atoms with E-state index >= 15 is 0 Å². The van der Waals surface area contributed by atoms with Crippen LogP contribution in [0.1, 0.15) is 12.0 Å². The first-order valence-corrected chi connectivity index (χ1v) is 6.00. The Kier molecular flexibility index (Phi) is 6.06. The number of carboxylic acid groups (broad SMARTS) is 1. The molecule has 2 amide bonds. The summed E-state index contributed by atoms with van der Waals surface area (Å²) < 4.78 is 17.7. The summed E-state index contributed by atoms with van der Waals surface area (Å²) in [6, 6.07) is 6.80. The van der Waals surface area contributed by atoms with Crippen molar-refractivity contribution in [2.45, 2.75) is 19.1 Å². The number of ether oxygens (including phenoxy) is 1. The molecule has 0 saturated heterocycles. The predicted molar refractivity (Wildman–Crippen MR) is 71.2 cm³/mol. The van der Waals surface area contributed by atoms with Crippen LogP contribution in [0, 0.1) is 0 Å². The number of aliphatic carboxylic acids is 1. The molecule has 1 N–H and O–H groups in total. The van der Waals surface area contributed by atoms with Crippen molar-refractivity contribution >= 4 is 18.2 Å². The van der Waals surface area contributed by atoms with Crippen LogP contribution >= 0.6 is 0 Å². The Labute approximate surface area is 120 Å². The number of nitrogens with zero attached hydrogens (tertiary/aromatic N) is 1. The average Bonchev–Trinajstić information content (AvgIpc) is 2.45. The van der Waals surface area contributed by atoms with E-state index in [1.807, 2.05) is 0 Å². The number of carbonyl (C=O) groups excluding carboxylic acids is 2. The molecule has 0 spiro atoms. The van der Waals surface area contributed by atoms with Gasteiger partial charge in [0.15, 0.2) is 0 Å². The maximum absolute atomic E-state index is 13.0. The summed E-state index contributed by atoms with van der Waals surface area (Å²) in [5.41, 5.74) is 0.618. The molecule has 0 aliphatic rings. The van der Waals surface area contributed by atoms with Crippen LogP contribution in [0.15, 0.2) is 43.0 Å². The molecule has 0 radical (unpaired) electrons. The summed E-state index contributed by atoms with van der Waals surface area (Å²) in [7, 11) is 0. The third-order valence-electron chi connectivity index (χ3n) is 2.58. The number of amides is 2. The Bertz CT molecular complexity index is 531. The van der Waals surface area contributed by atoms with E-state index in [1.165, 1.54) is 6.08 Å². The molecule has 0 saturated carbocycles. The van der Waals surface area contributed by atoms with E-state index in [2.05, 4.69) is 6.58 Å². The van der Waals surface area contributed by atoms with Crippen molar-refractivity contribution in [2.24, 2.45) is 0 Å². The van der Waals surface area contributed by atoms with E-state index < -0.39 is 24.3 Å². The van der Waals surface area contributed by atoms with E-state index in [9.17, 15) is 18.8 Å². The topological polar surface area (TPSA) is 83.9 Å². The highest BCUT2D eigenvalue weighted by Crippen LogP contribution is 2.12. The maximum Gasteiger partial charge on any atom is 0.419 e. The van der Waals surface area contributed by atoms with Crippen molar-refractivity contribution < 1.29 is 28.6 Å². The second kappa shape index (κ2) is 7.78. The standard InChI is InChI=1S/C14H14FNO5/c1-2-6-11(12(17)18)16(13(15)19)14(20)21-9-10-7-4-3-5-8-10/h2-5,7-8,11H,1,6,9H2,(H,17,18)/t11-/m0/s1. The van der Waals surface area contributed by atoms with Crippen molar-refractivity contribution in [3.63, 3.8) is 0 Å². The minimum absolute atomic E-state index is 0.0764. The fourth-order valence-corrected chi connectivity index (χ4v) is 1.58. The summed E-state index contributed by atoms with van der Waals surface area (Å²) in [6.45, 7) is 3.10. The van der Waals surface area contributed by atoms with Gasteiger partial charge in [0.1, 0.15) is 12.6 Å². The highest BCUT2D eigenvalue weighted by molar-refractivity contribution is 5.93. The molecule has 0 bridgehead atoms. The van der Waals surface area contributed by atoms with Gasteiger partial charge in [0.2, 0.25) is 0 Å². The zero-order chi connectivity index (χ0) is 15.8. The molecule has 0 aliphatic heterocycles. The third kappa shape index (κ3) is 4.72. The highest BCUT2D eigenvalue weighted by Gasteiger charge is 2.35. The van der Waals surface area contributed by atoms with Crippen LogP contribution in [0.25, 0.3) is 0 Å². The van der Waals surface area contributed by atoms with Gasteiger partial charge in [0.05, 0.1) is 0 Å². The summed E-state index contributed by atoms with van der Waals surface area (Å²) in [5, 5.41) is 8.94. The largest absolute Gasteiger partial charge is 0.480 e. The number of benzene rings is 1. The maximum atomic E-state index is 13.0. The van der Waals surface area contributed by atoms with Gasteiger partial charge in [-0.15, -0.1) is 11.0 Å². The lowest BCUT2D eigenvalue weighted by Crippen LogP contribution is -2.46. The second-order valence-electron chi connectivity index (χ2n) is 4.04. The van der Waals surface area contributed by atoms with Crippen LogP contribution in [0.3, 0.4) is 0 Å². The van der Waals surface area contributed by atoms with Gasteiger partial charge in [0, 0.05) is 0 Å². The van der Waals surface area contributed by atoms with E-state index in [1.54, 1.807) is 30.3 Å². The van der Waals surface area contributed by atoms with E-state index in [4.69, 9.17) is 9.84 Å². The molecule has 6 nitrogen and oxygen atoms in total. The normalized spacial score (nSPS) is 11.3. The highest BCUT2D eigenvalue weighted by atomic mass is 19.1. The molecule has 1 rings (SSSR count). The fourth-order valence-electron chi connectivity index (χ4n) is 1.58. The molecular weight excluding hydrogens is 281 g/mol. The number of imide groups is 1. The van der Waals surface area contributed by atoms with E-state index in [-0.39, 0.29) is 17.9 Å². The van der Waals surface area contributed by atoms with Crippen LogP contribution in [0.4, 0.5) is 14.0 Å². The molecule has 1 aromatic rings. The monoisotopic (exact) mass is 295 g/mol. The van der Waals surface area contributed by atoms with Gasteiger partial charge < -0.3 is 9.84 Å². The molecular formula is C14H14FNO5. The SMILES string of the molecule is C=CC[C@@H](C(=O)O)N(C(=O)F)C(=O)OCc1ccccc1. The Morgan fingerprint density at radius 1 is 1.33 bits per heavy atom. The number of hydrogen-bond acceptors (Lipinski definition) is 4. The van der Waals surface area contributed by atoms with Crippen molar-refractivity contribution in [3.05, 3.63) is 48.6 Å². The van der Waals surface area contributed by atoms with Gasteiger partial charge in [-0.2, -0.15) is 0 Å². The molecule has 0 aliphatic carbocycles. The fraction of sp³-hybridized carbons (Fsp3) is 0.214. The number of rotatable bonds is 6. The van der Waals surface area contributed by atoms with Crippen LogP contribution in [0.2, 0.25) is 0 Å². The first-order chi connectivity index (χ1) is 9.97. The summed E-state index contributed by atoms with van der Waals surface area (Å²) in [4.78, 5) is 33.5. The quantitative estimate of drug-likeness (QED) is 0.495. The lowest BCUT2D eigenvalue weighted by Gasteiger charge is -2.22. The van der Waals surface area contributed by atoms with Crippen molar-refractivity contribution in [3.8, 4) is 0 Å². The van der Waals surface area contributed by atoms with Crippen LogP contribution in [0.5, 0.6) is 0 Å². The van der Waals surface area contributed by atoms with Gasteiger partial charge in [0.25, 0.3) is 0 Å². The Morgan fingerprint density at radius 3 is 2.43 bits per heavy atom. The van der Waals surface area contributed by atoms with Crippen molar-refractivity contribution in [1.29, 1.82) is 0 Å². The molecule has 7 heteroatoms. The lowest BCUT2D eigenvalue weighted by molar-refractivity contribution is -0.141. The first kappa shape index (κ1) is 16.4. The first-order valence-electron chi connectivity index (χ1n) is 6.00.